The second-order valence-corrected chi connectivity index (χ2v) is 2.78. The van der Waals surface area contributed by atoms with Crippen LogP contribution in [-0.2, 0) is 4.79 Å². The van der Waals surface area contributed by atoms with Crippen LogP contribution in [0.1, 0.15) is 12.8 Å². The summed E-state index contributed by atoms with van der Waals surface area (Å²) < 4.78 is 0. The summed E-state index contributed by atoms with van der Waals surface area (Å²) in [5.74, 6) is -0.916. The molecule has 0 aliphatic carbocycles. The molecule has 0 rings (SSSR count). The maximum atomic E-state index is 11.0. The smallest absolute Gasteiger partial charge is 0.314 e. The molecule has 0 aliphatic heterocycles. The molecule has 0 radical (unpaired) electrons. The summed E-state index contributed by atoms with van der Waals surface area (Å²) in [4.78, 5) is 21.1. The first-order valence-electron chi connectivity index (χ1n) is 4.55. The Morgan fingerprint density at radius 2 is 1.79 bits per heavy atom. The van der Waals surface area contributed by atoms with Crippen LogP contribution in [-0.4, -0.2) is 43.8 Å². The normalized spacial score (nSPS) is 9.50. The van der Waals surface area contributed by atoms with Crippen LogP contribution in [0, 0.1) is 0 Å². The molecule has 0 atom stereocenters. The van der Waals surface area contributed by atoms with Crippen molar-refractivity contribution in [2.45, 2.75) is 12.8 Å². The molecule has 82 valence electrons. The highest BCUT2D eigenvalue weighted by atomic mass is 16.4. The van der Waals surface area contributed by atoms with Gasteiger partial charge in [-0.3, -0.25) is 4.79 Å². The number of hydrogen-bond donors (Lipinski definition) is 4. The zero-order valence-electron chi connectivity index (χ0n) is 8.30. The van der Waals surface area contributed by atoms with Crippen molar-refractivity contribution < 1.29 is 14.7 Å². The van der Waals surface area contributed by atoms with Crippen LogP contribution < -0.4 is 16.0 Å². The van der Waals surface area contributed by atoms with Crippen LogP contribution in [0.3, 0.4) is 0 Å². The first kappa shape index (κ1) is 12.7. The highest BCUT2D eigenvalue weighted by molar-refractivity contribution is 5.74. The summed E-state index contributed by atoms with van der Waals surface area (Å²) in [6, 6.07) is -0.317. The monoisotopic (exact) mass is 203 g/mol. The third kappa shape index (κ3) is 8.79. The van der Waals surface area contributed by atoms with Gasteiger partial charge in [0, 0.05) is 13.1 Å². The summed E-state index contributed by atoms with van der Waals surface area (Å²) in [5, 5.41) is 16.3. The lowest BCUT2D eigenvalue weighted by atomic mass is 10.4. The van der Waals surface area contributed by atoms with Crippen LogP contribution in [0.15, 0.2) is 0 Å². The summed E-state index contributed by atoms with van der Waals surface area (Å²) in [6.45, 7) is 1.59. The van der Waals surface area contributed by atoms with Gasteiger partial charge in [-0.05, 0) is 20.0 Å². The van der Waals surface area contributed by atoms with E-state index in [1.807, 2.05) is 7.05 Å². The molecule has 0 bridgehead atoms. The number of urea groups is 1. The second-order valence-electron chi connectivity index (χ2n) is 2.78. The van der Waals surface area contributed by atoms with Gasteiger partial charge in [-0.1, -0.05) is 0 Å². The molecule has 2 amide bonds. The van der Waals surface area contributed by atoms with Crippen molar-refractivity contribution in [1.29, 1.82) is 0 Å². The molecule has 6 nitrogen and oxygen atoms in total. The maximum absolute atomic E-state index is 11.0. The van der Waals surface area contributed by atoms with Gasteiger partial charge in [0.1, 0.15) is 0 Å². The highest BCUT2D eigenvalue weighted by Crippen LogP contribution is 1.76. The molecule has 0 aromatic carbocycles. The number of carboxylic acids is 1. The van der Waals surface area contributed by atoms with Gasteiger partial charge in [0.15, 0.2) is 0 Å². The number of aliphatic carboxylic acids is 1. The minimum Gasteiger partial charge on any atom is -0.481 e. The molecule has 0 aromatic heterocycles. The maximum Gasteiger partial charge on any atom is 0.314 e. The van der Waals surface area contributed by atoms with Crippen molar-refractivity contribution >= 4 is 12.0 Å². The topological polar surface area (TPSA) is 90.5 Å². The lowest BCUT2D eigenvalue weighted by molar-refractivity contribution is -0.136. The molecule has 0 aromatic rings. The molecule has 0 fully saturated rings. The van der Waals surface area contributed by atoms with E-state index in [9.17, 15) is 9.59 Å². The largest absolute Gasteiger partial charge is 0.481 e. The van der Waals surface area contributed by atoms with Crippen molar-refractivity contribution in [1.82, 2.24) is 16.0 Å². The Bertz CT molecular complexity index is 185. The van der Waals surface area contributed by atoms with Gasteiger partial charge in [0.25, 0.3) is 0 Å². The number of amides is 2. The van der Waals surface area contributed by atoms with Gasteiger partial charge >= 0.3 is 12.0 Å². The van der Waals surface area contributed by atoms with Crippen LogP contribution in [0.4, 0.5) is 4.79 Å². The van der Waals surface area contributed by atoms with Crippen molar-refractivity contribution in [2.24, 2.45) is 0 Å². The Balaban J connectivity index is 3.24. The van der Waals surface area contributed by atoms with Crippen molar-refractivity contribution in [3.05, 3.63) is 0 Å². The Morgan fingerprint density at radius 3 is 2.36 bits per heavy atom. The molecular weight excluding hydrogens is 186 g/mol. The van der Waals surface area contributed by atoms with E-state index in [0.29, 0.717) is 6.54 Å². The Morgan fingerprint density at radius 1 is 1.14 bits per heavy atom. The quantitative estimate of drug-likeness (QED) is 0.415. The highest BCUT2D eigenvalue weighted by Gasteiger charge is 2.00. The van der Waals surface area contributed by atoms with E-state index in [1.165, 1.54) is 0 Å². The summed E-state index contributed by atoms with van der Waals surface area (Å²) in [6.07, 6.45) is 0.798. The van der Waals surface area contributed by atoms with Gasteiger partial charge < -0.3 is 21.1 Å². The van der Waals surface area contributed by atoms with Crippen molar-refractivity contribution in [3.8, 4) is 0 Å². The number of nitrogens with one attached hydrogen (secondary N) is 3. The summed E-state index contributed by atoms with van der Waals surface area (Å²) in [5.41, 5.74) is 0. The third-order valence-corrected chi connectivity index (χ3v) is 1.51. The number of carbonyl (C=O) groups excluding carboxylic acids is 1. The van der Waals surface area contributed by atoms with E-state index in [0.717, 1.165) is 13.0 Å². The molecular formula is C8H17N3O3. The fourth-order valence-corrected chi connectivity index (χ4v) is 0.813. The van der Waals surface area contributed by atoms with Gasteiger partial charge in [-0.25, -0.2) is 4.79 Å². The van der Waals surface area contributed by atoms with Gasteiger partial charge in [-0.2, -0.15) is 0 Å². The zero-order valence-corrected chi connectivity index (χ0v) is 8.30. The second kappa shape index (κ2) is 8.31. The number of carbonyl (C=O) groups is 2. The Labute approximate surface area is 83.1 Å². The average Bonchev–Trinajstić information content (AvgIpc) is 2.12. The molecule has 14 heavy (non-hydrogen) atoms. The first-order valence-corrected chi connectivity index (χ1v) is 4.55. The molecule has 0 heterocycles. The summed E-state index contributed by atoms with van der Waals surface area (Å²) >= 11 is 0. The van der Waals surface area contributed by atoms with E-state index in [2.05, 4.69) is 16.0 Å². The first-order chi connectivity index (χ1) is 6.66. The van der Waals surface area contributed by atoms with E-state index < -0.39 is 5.97 Å². The third-order valence-electron chi connectivity index (χ3n) is 1.51. The zero-order chi connectivity index (χ0) is 10.8. The van der Waals surface area contributed by atoms with Crippen molar-refractivity contribution in [3.63, 3.8) is 0 Å². The van der Waals surface area contributed by atoms with Crippen molar-refractivity contribution in [2.75, 3.05) is 26.7 Å². The Kier molecular flexibility index (Phi) is 7.53. The molecule has 0 aliphatic rings. The van der Waals surface area contributed by atoms with Gasteiger partial charge in [0.05, 0.1) is 6.42 Å². The molecule has 0 spiro atoms. The Hall–Kier alpha value is -1.30. The molecule has 6 heteroatoms. The van der Waals surface area contributed by atoms with Crippen LogP contribution >= 0.6 is 0 Å². The lowest BCUT2D eigenvalue weighted by Gasteiger charge is -2.05. The van der Waals surface area contributed by atoms with Crippen LogP contribution in [0.2, 0.25) is 0 Å². The van der Waals surface area contributed by atoms with Crippen LogP contribution in [0.25, 0.3) is 0 Å². The minimum atomic E-state index is -0.916. The fourth-order valence-electron chi connectivity index (χ4n) is 0.813. The van der Waals surface area contributed by atoms with E-state index >= 15 is 0 Å². The fraction of sp³-hybridized carbons (Fsp3) is 0.750. The van der Waals surface area contributed by atoms with Crippen LogP contribution in [0.5, 0.6) is 0 Å². The predicted molar refractivity (Wildman–Crippen MR) is 52.2 cm³/mol. The standard InChI is InChI=1S/C8H17N3O3/c1-9-4-2-5-10-8(14)11-6-3-7(12)13/h9H,2-6H2,1H3,(H,12,13)(H2,10,11,14). The van der Waals surface area contributed by atoms with Gasteiger partial charge in [0.2, 0.25) is 0 Å². The van der Waals surface area contributed by atoms with E-state index in [1.54, 1.807) is 0 Å². The molecule has 0 saturated heterocycles. The number of rotatable bonds is 7. The molecule has 0 saturated carbocycles. The predicted octanol–water partition coefficient (Wildman–Crippen LogP) is -0.630. The van der Waals surface area contributed by atoms with E-state index in [4.69, 9.17) is 5.11 Å². The average molecular weight is 203 g/mol. The van der Waals surface area contributed by atoms with E-state index in [-0.39, 0.29) is 19.0 Å². The summed E-state index contributed by atoms with van der Waals surface area (Å²) in [7, 11) is 1.84. The lowest BCUT2D eigenvalue weighted by Crippen LogP contribution is -2.37. The van der Waals surface area contributed by atoms with Gasteiger partial charge in [-0.15, -0.1) is 0 Å². The minimum absolute atomic E-state index is 0.0517. The molecule has 4 N–H and O–H groups in total. The number of carboxylic acid groups (broad SMARTS) is 1. The SMILES string of the molecule is CNCCCNC(=O)NCCC(=O)O. The number of hydrogen-bond acceptors (Lipinski definition) is 3. The molecule has 0 unspecified atom stereocenters.